The van der Waals surface area contributed by atoms with E-state index in [4.69, 9.17) is 4.52 Å². The Hall–Kier alpha value is -3.55. The summed E-state index contributed by atoms with van der Waals surface area (Å²) >= 11 is 0. The molecule has 1 aromatic heterocycles. The number of nitro groups is 1. The van der Waals surface area contributed by atoms with E-state index in [0.717, 1.165) is 11.1 Å². The molecule has 0 aliphatic heterocycles. The third-order valence-corrected chi connectivity index (χ3v) is 4.04. The molecule has 0 aliphatic rings. The molecule has 3 rings (SSSR count). The zero-order chi connectivity index (χ0) is 19.4. The summed E-state index contributed by atoms with van der Waals surface area (Å²) in [6.45, 7) is 4.30. The van der Waals surface area contributed by atoms with E-state index in [1.165, 1.54) is 23.1 Å². The molecule has 0 spiro atoms. The molecule has 0 N–H and O–H groups in total. The quantitative estimate of drug-likeness (QED) is 0.488. The third-order valence-electron chi connectivity index (χ3n) is 4.04. The number of carbonyl (C=O) groups is 1. The maximum Gasteiger partial charge on any atom is 0.270 e. The maximum atomic E-state index is 12.7. The summed E-state index contributed by atoms with van der Waals surface area (Å²) in [4.78, 5) is 28.9. The molecular weight excluding hydrogens is 348 g/mol. The number of aromatic nitrogens is 2. The Labute approximate surface area is 155 Å². The molecule has 0 radical (unpaired) electrons. The van der Waals surface area contributed by atoms with E-state index < -0.39 is 4.92 Å². The van der Waals surface area contributed by atoms with E-state index >= 15 is 0 Å². The van der Waals surface area contributed by atoms with E-state index in [0.29, 0.717) is 18.3 Å². The van der Waals surface area contributed by atoms with Gasteiger partial charge < -0.3 is 9.42 Å². The lowest BCUT2D eigenvalue weighted by molar-refractivity contribution is -0.384. The lowest BCUT2D eigenvalue weighted by atomic mass is 10.1. The van der Waals surface area contributed by atoms with Crippen molar-refractivity contribution in [3.8, 4) is 11.4 Å². The van der Waals surface area contributed by atoms with Gasteiger partial charge in [-0.3, -0.25) is 14.9 Å². The number of hydrogen-bond donors (Lipinski definition) is 0. The Bertz CT molecular complexity index is 983. The third kappa shape index (κ3) is 4.17. The second-order valence-electron chi connectivity index (χ2n) is 6.01. The number of hydrogen-bond acceptors (Lipinski definition) is 6. The van der Waals surface area contributed by atoms with Gasteiger partial charge in [0.05, 0.1) is 4.92 Å². The van der Waals surface area contributed by atoms with E-state index in [9.17, 15) is 14.9 Å². The monoisotopic (exact) mass is 366 g/mol. The van der Waals surface area contributed by atoms with Crippen LogP contribution in [0.4, 0.5) is 5.69 Å². The number of nitro benzene ring substituents is 1. The number of rotatable bonds is 6. The number of benzene rings is 2. The van der Waals surface area contributed by atoms with E-state index in [1.807, 2.05) is 38.1 Å². The predicted octanol–water partition coefficient (Wildman–Crippen LogP) is 3.62. The van der Waals surface area contributed by atoms with Crippen LogP contribution in [0.5, 0.6) is 0 Å². The zero-order valence-electron chi connectivity index (χ0n) is 15.0. The highest BCUT2D eigenvalue weighted by molar-refractivity contribution is 5.94. The predicted molar refractivity (Wildman–Crippen MR) is 98.0 cm³/mol. The number of aryl methyl sites for hydroxylation is 1. The molecule has 0 unspecified atom stereocenters. The molecule has 138 valence electrons. The molecule has 0 atom stereocenters. The molecule has 0 fully saturated rings. The first-order valence-corrected chi connectivity index (χ1v) is 8.41. The van der Waals surface area contributed by atoms with Crippen molar-refractivity contribution in [1.82, 2.24) is 15.0 Å². The van der Waals surface area contributed by atoms with Crippen molar-refractivity contribution in [3.05, 3.63) is 75.7 Å². The highest BCUT2D eigenvalue weighted by Crippen LogP contribution is 2.19. The van der Waals surface area contributed by atoms with E-state index in [1.54, 1.807) is 6.07 Å². The summed E-state index contributed by atoms with van der Waals surface area (Å²) in [5.41, 5.74) is 2.02. The Morgan fingerprint density at radius 3 is 2.70 bits per heavy atom. The van der Waals surface area contributed by atoms with Crippen LogP contribution in [-0.4, -0.2) is 32.4 Å². The van der Waals surface area contributed by atoms with Crippen LogP contribution in [0.15, 0.2) is 53.1 Å². The van der Waals surface area contributed by atoms with E-state index in [-0.39, 0.29) is 23.7 Å². The molecule has 0 saturated heterocycles. The summed E-state index contributed by atoms with van der Waals surface area (Å²) in [7, 11) is 0. The van der Waals surface area contributed by atoms with Gasteiger partial charge in [-0.15, -0.1) is 0 Å². The van der Waals surface area contributed by atoms with Gasteiger partial charge in [0, 0.05) is 29.8 Å². The second-order valence-corrected chi connectivity index (χ2v) is 6.01. The van der Waals surface area contributed by atoms with Crippen LogP contribution >= 0.6 is 0 Å². The molecule has 8 heteroatoms. The summed E-state index contributed by atoms with van der Waals surface area (Å²) < 4.78 is 5.28. The van der Waals surface area contributed by atoms with Gasteiger partial charge in [-0.1, -0.05) is 35.0 Å². The van der Waals surface area contributed by atoms with Crippen LogP contribution in [0.25, 0.3) is 11.4 Å². The van der Waals surface area contributed by atoms with Gasteiger partial charge in [0.2, 0.25) is 11.7 Å². The molecule has 1 amide bonds. The molecule has 3 aromatic rings. The first kappa shape index (κ1) is 18.2. The maximum absolute atomic E-state index is 12.7. The van der Waals surface area contributed by atoms with Crippen LogP contribution < -0.4 is 0 Å². The minimum atomic E-state index is -0.529. The summed E-state index contributed by atoms with van der Waals surface area (Å²) in [5, 5.41) is 14.9. The van der Waals surface area contributed by atoms with Crippen molar-refractivity contribution >= 4 is 11.6 Å². The van der Waals surface area contributed by atoms with Crippen LogP contribution in [0.2, 0.25) is 0 Å². The largest absolute Gasteiger partial charge is 0.337 e. The average Bonchev–Trinajstić information content (AvgIpc) is 3.14. The molecule has 1 heterocycles. The Morgan fingerprint density at radius 1 is 1.22 bits per heavy atom. The minimum Gasteiger partial charge on any atom is -0.337 e. The van der Waals surface area contributed by atoms with Gasteiger partial charge in [-0.05, 0) is 26.0 Å². The molecule has 0 aliphatic carbocycles. The lowest BCUT2D eigenvalue weighted by Gasteiger charge is -2.18. The lowest BCUT2D eigenvalue weighted by Crippen LogP contribution is -2.30. The van der Waals surface area contributed by atoms with Crippen LogP contribution in [0, 0.1) is 17.0 Å². The fraction of sp³-hybridized carbons (Fsp3) is 0.211. The average molecular weight is 366 g/mol. The molecule has 0 saturated carbocycles. The molecule has 8 nitrogen and oxygen atoms in total. The van der Waals surface area contributed by atoms with Crippen molar-refractivity contribution in [3.63, 3.8) is 0 Å². The van der Waals surface area contributed by atoms with Gasteiger partial charge in [0.25, 0.3) is 11.6 Å². The highest BCUT2D eigenvalue weighted by Gasteiger charge is 2.20. The SMILES string of the molecule is CCN(Cc1nc(-c2cccc(C)c2)no1)C(=O)c1cccc([N+](=O)[O-])c1. The highest BCUT2D eigenvalue weighted by atomic mass is 16.6. The number of non-ortho nitro benzene ring substituents is 1. The Kier molecular flexibility index (Phi) is 5.25. The van der Waals surface area contributed by atoms with Gasteiger partial charge in [0.1, 0.15) is 6.54 Å². The zero-order valence-corrected chi connectivity index (χ0v) is 15.0. The van der Waals surface area contributed by atoms with Crippen molar-refractivity contribution in [1.29, 1.82) is 0 Å². The number of carbonyl (C=O) groups excluding carboxylic acids is 1. The summed E-state index contributed by atoms with van der Waals surface area (Å²) in [5.74, 6) is 0.413. The fourth-order valence-corrected chi connectivity index (χ4v) is 2.65. The fourth-order valence-electron chi connectivity index (χ4n) is 2.65. The molecule has 2 aromatic carbocycles. The van der Waals surface area contributed by atoms with Crippen molar-refractivity contribution < 1.29 is 14.2 Å². The second kappa shape index (κ2) is 7.77. The normalized spacial score (nSPS) is 10.6. The van der Waals surface area contributed by atoms with Gasteiger partial charge in [-0.25, -0.2) is 0 Å². The number of nitrogens with zero attached hydrogens (tertiary/aromatic N) is 4. The Balaban J connectivity index is 1.78. The summed E-state index contributed by atoms with van der Waals surface area (Å²) in [6, 6.07) is 13.3. The van der Waals surface area contributed by atoms with Crippen molar-refractivity contribution in [2.75, 3.05) is 6.54 Å². The Morgan fingerprint density at radius 2 is 2.00 bits per heavy atom. The minimum absolute atomic E-state index is 0.122. The first-order valence-electron chi connectivity index (χ1n) is 8.41. The van der Waals surface area contributed by atoms with Crippen LogP contribution in [0.3, 0.4) is 0 Å². The molecule has 27 heavy (non-hydrogen) atoms. The molecule has 0 bridgehead atoms. The molecular formula is C19H18N4O4. The van der Waals surface area contributed by atoms with Crippen molar-refractivity contribution in [2.24, 2.45) is 0 Å². The van der Waals surface area contributed by atoms with Crippen LogP contribution in [0.1, 0.15) is 28.7 Å². The van der Waals surface area contributed by atoms with Crippen molar-refractivity contribution in [2.45, 2.75) is 20.4 Å². The summed E-state index contributed by atoms with van der Waals surface area (Å²) in [6.07, 6.45) is 0. The number of amides is 1. The van der Waals surface area contributed by atoms with E-state index in [2.05, 4.69) is 10.1 Å². The van der Waals surface area contributed by atoms with Crippen LogP contribution in [-0.2, 0) is 6.54 Å². The van der Waals surface area contributed by atoms with Gasteiger partial charge in [0.15, 0.2) is 0 Å². The van der Waals surface area contributed by atoms with Gasteiger partial charge in [-0.2, -0.15) is 4.98 Å². The standard InChI is InChI=1S/C19H18N4O4/c1-3-22(19(24)15-8-5-9-16(11-15)23(25)26)12-17-20-18(21-27-17)14-7-4-6-13(2)10-14/h4-11H,3,12H2,1-2H3. The first-order chi connectivity index (χ1) is 13.0. The topological polar surface area (TPSA) is 102 Å². The van der Waals surface area contributed by atoms with Gasteiger partial charge >= 0.3 is 0 Å². The smallest absolute Gasteiger partial charge is 0.270 e.